The Hall–Kier alpha value is -1.75. The molecule has 1 unspecified atom stereocenters. The molecule has 19 heavy (non-hydrogen) atoms. The zero-order valence-electron chi connectivity index (χ0n) is 11.0. The summed E-state index contributed by atoms with van der Waals surface area (Å²) in [5.41, 5.74) is 0.654. The second-order valence-corrected chi connectivity index (χ2v) is 4.49. The van der Waals surface area contributed by atoms with Gasteiger partial charge in [0.15, 0.2) is 11.5 Å². The van der Waals surface area contributed by atoms with Gasteiger partial charge in [0.2, 0.25) is 5.91 Å². The van der Waals surface area contributed by atoms with Gasteiger partial charge in [-0.2, -0.15) is 0 Å². The highest BCUT2D eigenvalue weighted by Crippen LogP contribution is 2.32. The van der Waals surface area contributed by atoms with E-state index in [0.29, 0.717) is 36.8 Å². The summed E-state index contributed by atoms with van der Waals surface area (Å²) >= 11 is 0. The molecule has 1 amide bonds. The van der Waals surface area contributed by atoms with Crippen LogP contribution >= 0.6 is 0 Å². The number of nitrogens with one attached hydrogen (secondary N) is 1. The average molecular weight is 265 g/mol. The first-order valence-corrected chi connectivity index (χ1v) is 6.56. The Balaban J connectivity index is 2.09. The molecule has 104 valence electrons. The standard InChI is InChI=1S/C14H19NO4/c1-2-10(9-16)14(17)15-11-4-5-12-13(8-11)19-7-3-6-18-12/h4-5,8,10,16H,2-3,6-7,9H2,1H3,(H,15,17). The lowest BCUT2D eigenvalue weighted by molar-refractivity contribution is -0.121. The predicted octanol–water partition coefficient (Wildman–Crippen LogP) is 1.80. The van der Waals surface area contributed by atoms with Crippen molar-refractivity contribution in [1.82, 2.24) is 0 Å². The van der Waals surface area contributed by atoms with Crippen molar-refractivity contribution in [3.8, 4) is 11.5 Å². The van der Waals surface area contributed by atoms with Crippen LogP contribution in [-0.4, -0.2) is 30.8 Å². The molecular formula is C14H19NO4. The van der Waals surface area contributed by atoms with E-state index in [1.807, 2.05) is 6.92 Å². The molecule has 0 aromatic heterocycles. The molecule has 0 spiro atoms. The highest BCUT2D eigenvalue weighted by Gasteiger charge is 2.17. The monoisotopic (exact) mass is 265 g/mol. The first-order valence-electron chi connectivity index (χ1n) is 6.56. The molecule has 5 nitrogen and oxygen atoms in total. The largest absolute Gasteiger partial charge is 0.490 e. The van der Waals surface area contributed by atoms with E-state index in [2.05, 4.69) is 5.32 Å². The van der Waals surface area contributed by atoms with Crippen molar-refractivity contribution in [2.24, 2.45) is 5.92 Å². The van der Waals surface area contributed by atoms with Crippen LogP contribution < -0.4 is 14.8 Å². The van der Waals surface area contributed by atoms with Crippen LogP contribution in [0.4, 0.5) is 5.69 Å². The lowest BCUT2D eigenvalue weighted by Gasteiger charge is -2.14. The van der Waals surface area contributed by atoms with Crippen LogP contribution in [0.15, 0.2) is 18.2 Å². The average Bonchev–Trinajstić information content (AvgIpc) is 2.64. The molecule has 1 aliphatic rings. The van der Waals surface area contributed by atoms with Crippen LogP contribution in [0.1, 0.15) is 19.8 Å². The van der Waals surface area contributed by atoms with Gasteiger partial charge in [0.1, 0.15) is 0 Å². The van der Waals surface area contributed by atoms with Crippen LogP contribution in [0.3, 0.4) is 0 Å². The number of aliphatic hydroxyl groups is 1. The van der Waals surface area contributed by atoms with Gasteiger partial charge in [-0.05, 0) is 18.6 Å². The molecule has 1 heterocycles. The van der Waals surface area contributed by atoms with Gasteiger partial charge in [0.05, 0.1) is 25.7 Å². The van der Waals surface area contributed by atoms with Crippen LogP contribution in [0.5, 0.6) is 11.5 Å². The van der Waals surface area contributed by atoms with E-state index in [1.165, 1.54) is 0 Å². The minimum atomic E-state index is -0.379. The molecule has 5 heteroatoms. The number of hydrogen-bond acceptors (Lipinski definition) is 4. The smallest absolute Gasteiger partial charge is 0.229 e. The third-order valence-electron chi connectivity index (χ3n) is 3.10. The van der Waals surface area contributed by atoms with E-state index >= 15 is 0 Å². The molecule has 0 fully saturated rings. The normalized spacial score (nSPS) is 15.5. The minimum Gasteiger partial charge on any atom is -0.490 e. The zero-order valence-corrected chi connectivity index (χ0v) is 11.0. The molecule has 0 aliphatic carbocycles. The van der Waals surface area contributed by atoms with E-state index < -0.39 is 0 Å². The molecule has 1 aliphatic heterocycles. The molecule has 1 aromatic carbocycles. The maximum absolute atomic E-state index is 11.9. The summed E-state index contributed by atoms with van der Waals surface area (Å²) in [4.78, 5) is 11.9. The number of amides is 1. The topological polar surface area (TPSA) is 67.8 Å². The van der Waals surface area contributed by atoms with Gasteiger partial charge < -0.3 is 19.9 Å². The molecular weight excluding hydrogens is 246 g/mol. The molecule has 1 atom stereocenters. The molecule has 0 bridgehead atoms. The predicted molar refractivity (Wildman–Crippen MR) is 71.5 cm³/mol. The highest BCUT2D eigenvalue weighted by atomic mass is 16.5. The lowest BCUT2D eigenvalue weighted by Crippen LogP contribution is -2.25. The van der Waals surface area contributed by atoms with Crippen molar-refractivity contribution in [3.63, 3.8) is 0 Å². The molecule has 2 rings (SSSR count). The first kappa shape index (κ1) is 13.7. The van der Waals surface area contributed by atoms with Crippen molar-refractivity contribution in [1.29, 1.82) is 0 Å². The fourth-order valence-electron chi connectivity index (χ4n) is 1.88. The Labute approximate surface area is 112 Å². The summed E-state index contributed by atoms with van der Waals surface area (Å²) in [6.45, 7) is 2.97. The fraction of sp³-hybridized carbons (Fsp3) is 0.500. The number of hydrogen-bond donors (Lipinski definition) is 2. The van der Waals surface area contributed by atoms with E-state index in [-0.39, 0.29) is 18.4 Å². The summed E-state index contributed by atoms with van der Waals surface area (Å²) in [5, 5.41) is 11.9. The number of aliphatic hydroxyl groups excluding tert-OH is 1. The Morgan fingerprint density at radius 2 is 2.11 bits per heavy atom. The number of rotatable bonds is 4. The molecule has 0 saturated heterocycles. The third-order valence-corrected chi connectivity index (χ3v) is 3.10. The van der Waals surface area contributed by atoms with Gasteiger partial charge in [-0.25, -0.2) is 0 Å². The van der Waals surface area contributed by atoms with Crippen LogP contribution in [0.25, 0.3) is 0 Å². The molecule has 0 radical (unpaired) electrons. The Morgan fingerprint density at radius 3 is 2.79 bits per heavy atom. The van der Waals surface area contributed by atoms with Gasteiger partial charge >= 0.3 is 0 Å². The molecule has 1 aromatic rings. The van der Waals surface area contributed by atoms with Crippen LogP contribution in [0.2, 0.25) is 0 Å². The maximum Gasteiger partial charge on any atom is 0.229 e. The SMILES string of the molecule is CCC(CO)C(=O)Nc1ccc2c(c1)OCCCO2. The first-order chi connectivity index (χ1) is 9.24. The van der Waals surface area contributed by atoms with Gasteiger partial charge in [-0.1, -0.05) is 6.92 Å². The fourth-order valence-corrected chi connectivity index (χ4v) is 1.88. The summed E-state index contributed by atoms with van der Waals surface area (Å²) in [6, 6.07) is 5.31. The Kier molecular flexibility index (Phi) is 4.63. The lowest BCUT2D eigenvalue weighted by atomic mass is 10.1. The van der Waals surface area contributed by atoms with Crippen molar-refractivity contribution in [2.45, 2.75) is 19.8 Å². The summed E-state index contributed by atoms with van der Waals surface area (Å²) in [7, 11) is 0. The Bertz CT molecular complexity index is 443. The summed E-state index contributed by atoms with van der Waals surface area (Å²) < 4.78 is 11.1. The number of carbonyl (C=O) groups excluding carboxylic acids is 1. The van der Waals surface area contributed by atoms with Gasteiger partial charge in [0.25, 0.3) is 0 Å². The number of carbonyl (C=O) groups is 1. The Morgan fingerprint density at radius 1 is 1.37 bits per heavy atom. The van der Waals surface area contributed by atoms with Crippen molar-refractivity contribution in [2.75, 3.05) is 25.1 Å². The number of fused-ring (bicyclic) bond motifs is 1. The second kappa shape index (κ2) is 6.43. The van der Waals surface area contributed by atoms with E-state index in [0.717, 1.165) is 6.42 Å². The van der Waals surface area contributed by atoms with Crippen molar-refractivity contribution < 1.29 is 19.4 Å². The summed E-state index contributed by atoms with van der Waals surface area (Å²) in [6.07, 6.45) is 1.45. The second-order valence-electron chi connectivity index (χ2n) is 4.49. The highest BCUT2D eigenvalue weighted by molar-refractivity contribution is 5.92. The number of ether oxygens (including phenoxy) is 2. The van der Waals surface area contributed by atoms with E-state index in [1.54, 1.807) is 18.2 Å². The number of benzene rings is 1. The maximum atomic E-state index is 11.9. The molecule has 2 N–H and O–H groups in total. The third kappa shape index (κ3) is 3.38. The number of anilines is 1. The van der Waals surface area contributed by atoms with Crippen molar-refractivity contribution in [3.05, 3.63) is 18.2 Å². The zero-order chi connectivity index (χ0) is 13.7. The van der Waals surface area contributed by atoms with Gasteiger partial charge in [-0.3, -0.25) is 4.79 Å². The summed E-state index contributed by atoms with van der Waals surface area (Å²) in [5.74, 6) is 0.785. The molecule has 0 saturated carbocycles. The van der Waals surface area contributed by atoms with Gasteiger partial charge in [0, 0.05) is 18.2 Å². The van der Waals surface area contributed by atoms with Gasteiger partial charge in [-0.15, -0.1) is 0 Å². The quantitative estimate of drug-likeness (QED) is 0.871. The van der Waals surface area contributed by atoms with Crippen molar-refractivity contribution >= 4 is 11.6 Å². The van der Waals surface area contributed by atoms with E-state index in [9.17, 15) is 4.79 Å². The minimum absolute atomic E-state index is 0.146. The van der Waals surface area contributed by atoms with Crippen LogP contribution in [-0.2, 0) is 4.79 Å². The van der Waals surface area contributed by atoms with E-state index in [4.69, 9.17) is 14.6 Å². The van der Waals surface area contributed by atoms with Crippen LogP contribution in [0, 0.1) is 5.92 Å².